The van der Waals surface area contributed by atoms with Crippen molar-refractivity contribution >= 4 is 21.6 Å². The smallest absolute Gasteiger partial charge is 0.261 e. The van der Waals surface area contributed by atoms with Gasteiger partial charge in [-0.05, 0) is 60.9 Å². The second-order valence-corrected chi connectivity index (χ2v) is 9.26. The summed E-state index contributed by atoms with van der Waals surface area (Å²) in [5.41, 5.74) is 3.84. The summed E-state index contributed by atoms with van der Waals surface area (Å²) in [6.45, 7) is 5.08. The maximum Gasteiger partial charge on any atom is 0.261 e. The lowest BCUT2D eigenvalue weighted by atomic mass is 10.1. The van der Waals surface area contributed by atoms with E-state index in [0.29, 0.717) is 30.9 Å². The Hall–Kier alpha value is -3.16. The van der Waals surface area contributed by atoms with E-state index in [9.17, 15) is 13.2 Å². The number of benzene rings is 3. The van der Waals surface area contributed by atoms with Crippen LogP contribution in [0.15, 0.2) is 77.7 Å². The van der Waals surface area contributed by atoms with Crippen LogP contribution in [0.3, 0.4) is 0 Å². The Morgan fingerprint density at radius 3 is 2.28 bits per heavy atom. The van der Waals surface area contributed by atoms with Crippen LogP contribution >= 0.6 is 0 Å². The third-order valence-corrected chi connectivity index (χ3v) is 6.71. The van der Waals surface area contributed by atoms with Gasteiger partial charge in [0.25, 0.3) is 15.9 Å². The number of rotatable bonds is 9. The number of nitrogens with one attached hydrogen (secondary N) is 1. The molecule has 168 valence electrons. The fraction of sp³-hybridized carbons (Fsp3) is 0.240. The molecule has 0 aliphatic heterocycles. The van der Waals surface area contributed by atoms with Crippen molar-refractivity contribution in [2.24, 2.45) is 0 Å². The number of hydrogen-bond donors (Lipinski definition) is 1. The lowest BCUT2D eigenvalue weighted by Crippen LogP contribution is -2.33. The first-order valence-corrected chi connectivity index (χ1v) is 11.8. The molecule has 3 aromatic carbocycles. The monoisotopic (exact) mass is 452 g/mol. The van der Waals surface area contributed by atoms with Crippen molar-refractivity contribution in [3.63, 3.8) is 0 Å². The highest BCUT2D eigenvalue weighted by molar-refractivity contribution is 7.92. The molecule has 0 radical (unpaired) electrons. The number of anilines is 1. The predicted molar refractivity (Wildman–Crippen MR) is 126 cm³/mol. The molecule has 0 fully saturated rings. The molecule has 0 bridgehead atoms. The van der Waals surface area contributed by atoms with Crippen LogP contribution in [0.2, 0.25) is 0 Å². The maximum absolute atomic E-state index is 13.1. The van der Waals surface area contributed by atoms with E-state index in [1.807, 2.05) is 56.3 Å². The molecule has 3 rings (SSSR count). The number of carbonyl (C=O) groups is 1. The Morgan fingerprint density at radius 1 is 0.938 bits per heavy atom. The number of methoxy groups -OCH3 is 1. The Labute approximate surface area is 189 Å². The molecule has 0 aliphatic carbocycles. The molecule has 0 heterocycles. The second kappa shape index (κ2) is 10.4. The van der Waals surface area contributed by atoms with Crippen LogP contribution in [-0.4, -0.2) is 39.5 Å². The summed E-state index contributed by atoms with van der Waals surface area (Å²) in [7, 11) is -2.18. The Kier molecular flexibility index (Phi) is 7.66. The minimum Gasteiger partial charge on any atom is -0.383 e. The summed E-state index contributed by atoms with van der Waals surface area (Å²) < 4.78 is 33.5. The molecule has 7 heteroatoms. The molecule has 3 aromatic rings. The van der Waals surface area contributed by atoms with Crippen molar-refractivity contribution in [3.8, 4) is 0 Å². The van der Waals surface area contributed by atoms with E-state index in [1.54, 1.807) is 30.2 Å². The first kappa shape index (κ1) is 23.5. The first-order chi connectivity index (χ1) is 15.3. The molecule has 0 saturated heterocycles. The van der Waals surface area contributed by atoms with Crippen molar-refractivity contribution < 1.29 is 17.9 Å². The van der Waals surface area contributed by atoms with Gasteiger partial charge in [-0.25, -0.2) is 8.42 Å². The van der Waals surface area contributed by atoms with Crippen LogP contribution in [0.4, 0.5) is 5.69 Å². The van der Waals surface area contributed by atoms with Gasteiger partial charge in [0, 0.05) is 25.8 Å². The van der Waals surface area contributed by atoms with Crippen LogP contribution in [0.25, 0.3) is 0 Å². The van der Waals surface area contributed by atoms with Gasteiger partial charge in [-0.1, -0.05) is 42.5 Å². The lowest BCUT2D eigenvalue weighted by molar-refractivity contribution is 0.0680. The molecular weight excluding hydrogens is 424 g/mol. The topological polar surface area (TPSA) is 75.7 Å². The summed E-state index contributed by atoms with van der Waals surface area (Å²) in [6, 6.07) is 21.2. The third kappa shape index (κ3) is 5.75. The Morgan fingerprint density at radius 2 is 1.62 bits per heavy atom. The van der Waals surface area contributed by atoms with Gasteiger partial charge >= 0.3 is 0 Å². The van der Waals surface area contributed by atoms with Crippen molar-refractivity contribution in [2.75, 3.05) is 25.0 Å². The highest BCUT2D eigenvalue weighted by atomic mass is 32.2. The van der Waals surface area contributed by atoms with E-state index in [1.165, 1.54) is 12.1 Å². The van der Waals surface area contributed by atoms with Crippen LogP contribution in [0, 0.1) is 13.8 Å². The summed E-state index contributed by atoms with van der Waals surface area (Å²) in [4.78, 5) is 14.9. The van der Waals surface area contributed by atoms with Gasteiger partial charge in [0.05, 0.1) is 17.2 Å². The van der Waals surface area contributed by atoms with Crippen molar-refractivity contribution in [1.82, 2.24) is 4.90 Å². The van der Waals surface area contributed by atoms with Crippen LogP contribution in [-0.2, 0) is 21.3 Å². The molecule has 6 nitrogen and oxygen atoms in total. The lowest BCUT2D eigenvalue weighted by Gasteiger charge is -2.23. The average Bonchev–Trinajstić information content (AvgIpc) is 2.80. The molecular formula is C25H28N2O4S. The zero-order valence-corrected chi connectivity index (χ0v) is 19.4. The Balaban J connectivity index is 1.79. The van der Waals surface area contributed by atoms with Crippen LogP contribution in [0.5, 0.6) is 0 Å². The number of carbonyl (C=O) groups excluding carboxylic acids is 1. The predicted octanol–water partition coefficient (Wildman–Crippen LogP) is 4.39. The zero-order chi connectivity index (χ0) is 23.1. The number of hydrogen-bond acceptors (Lipinski definition) is 4. The molecule has 1 N–H and O–H groups in total. The standard InChI is InChI=1S/C25H28N2O4S/c1-19-8-7-11-24(20(19)2)26-32(29,30)23-14-12-22(13-15-23)25(28)27(16-17-31-3)18-21-9-5-4-6-10-21/h4-15,26H,16-18H2,1-3H3. The fourth-order valence-corrected chi connectivity index (χ4v) is 4.41. The van der Waals surface area contributed by atoms with E-state index in [4.69, 9.17) is 4.74 Å². The van der Waals surface area contributed by atoms with Gasteiger partial charge in [0.15, 0.2) is 0 Å². The molecule has 0 unspecified atom stereocenters. The van der Waals surface area contributed by atoms with E-state index < -0.39 is 10.0 Å². The molecule has 0 spiro atoms. The van der Waals surface area contributed by atoms with Gasteiger partial charge < -0.3 is 9.64 Å². The van der Waals surface area contributed by atoms with Crippen LogP contribution in [0.1, 0.15) is 27.0 Å². The zero-order valence-electron chi connectivity index (χ0n) is 18.5. The van der Waals surface area contributed by atoms with Crippen molar-refractivity contribution in [3.05, 3.63) is 95.1 Å². The van der Waals surface area contributed by atoms with Crippen molar-refractivity contribution in [1.29, 1.82) is 0 Å². The molecule has 0 aliphatic rings. The normalized spacial score (nSPS) is 11.2. The van der Waals surface area contributed by atoms with Gasteiger partial charge in [-0.3, -0.25) is 9.52 Å². The number of ether oxygens (including phenoxy) is 1. The van der Waals surface area contributed by atoms with Gasteiger partial charge in [-0.2, -0.15) is 0 Å². The van der Waals surface area contributed by atoms with Gasteiger partial charge in [0.2, 0.25) is 0 Å². The first-order valence-electron chi connectivity index (χ1n) is 10.3. The summed E-state index contributed by atoms with van der Waals surface area (Å²) in [5.74, 6) is -0.183. The van der Waals surface area contributed by atoms with E-state index in [2.05, 4.69) is 4.72 Å². The van der Waals surface area contributed by atoms with Crippen LogP contribution < -0.4 is 4.72 Å². The molecule has 1 amide bonds. The third-order valence-electron chi connectivity index (χ3n) is 5.33. The minimum absolute atomic E-state index is 0.0986. The fourth-order valence-electron chi connectivity index (χ4n) is 3.28. The number of aryl methyl sites for hydroxylation is 1. The summed E-state index contributed by atoms with van der Waals surface area (Å²) >= 11 is 0. The summed E-state index contributed by atoms with van der Waals surface area (Å²) in [5, 5.41) is 0. The maximum atomic E-state index is 13.1. The highest BCUT2D eigenvalue weighted by Crippen LogP contribution is 2.22. The second-order valence-electron chi connectivity index (χ2n) is 7.58. The number of nitrogens with zero attached hydrogens (tertiary/aromatic N) is 1. The molecule has 0 aromatic heterocycles. The quantitative estimate of drug-likeness (QED) is 0.522. The number of amides is 1. The highest BCUT2D eigenvalue weighted by Gasteiger charge is 2.19. The average molecular weight is 453 g/mol. The van der Waals surface area contributed by atoms with Crippen molar-refractivity contribution in [2.45, 2.75) is 25.3 Å². The molecule has 32 heavy (non-hydrogen) atoms. The number of sulfonamides is 1. The van der Waals surface area contributed by atoms with E-state index in [0.717, 1.165) is 16.7 Å². The minimum atomic E-state index is -3.77. The van der Waals surface area contributed by atoms with E-state index >= 15 is 0 Å². The van der Waals surface area contributed by atoms with E-state index in [-0.39, 0.29) is 10.8 Å². The van der Waals surface area contributed by atoms with Gasteiger partial charge in [-0.15, -0.1) is 0 Å². The molecule has 0 saturated carbocycles. The SMILES string of the molecule is COCCN(Cc1ccccc1)C(=O)c1ccc(S(=O)(=O)Nc2cccc(C)c2C)cc1. The largest absolute Gasteiger partial charge is 0.383 e. The molecule has 0 atom stereocenters. The summed E-state index contributed by atoms with van der Waals surface area (Å²) in [6.07, 6.45) is 0. The Bertz CT molecular complexity index is 1160. The van der Waals surface area contributed by atoms with Gasteiger partial charge in [0.1, 0.15) is 0 Å².